The monoisotopic (exact) mass is 489 g/mol. The standard InChI is InChI=1S/C24H28ClN3O4S/c1-4-14-28(21-8-6-5-7-9-21)33(31,32)23-17-19(10-11-22(23)25)24(30)27-15-12-20(13-16-27)26(3)18(2)29/h4-11,17,20H,1,12-16H2,2-3H3. The lowest BCUT2D eigenvalue weighted by molar-refractivity contribution is -0.130. The lowest BCUT2D eigenvalue weighted by Crippen LogP contribution is -2.46. The predicted octanol–water partition coefficient (Wildman–Crippen LogP) is 3.80. The molecule has 33 heavy (non-hydrogen) atoms. The fourth-order valence-electron chi connectivity index (χ4n) is 3.90. The molecule has 0 spiro atoms. The summed E-state index contributed by atoms with van der Waals surface area (Å²) in [5, 5.41) is 0.0401. The molecule has 0 atom stereocenters. The van der Waals surface area contributed by atoms with Crippen LogP contribution >= 0.6 is 11.6 Å². The summed E-state index contributed by atoms with van der Waals surface area (Å²) in [6.07, 6.45) is 2.83. The molecule has 1 fully saturated rings. The third kappa shape index (κ3) is 5.39. The van der Waals surface area contributed by atoms with E-state index in [2.05, 4.69) is 6.58 Å². The molecule has 1 aliphatic heterocycles. The maximum absolute atomic E-state index is 13.5. The van der Waals surface area contributed by atoms with Gasteiger partial charge >= 0.3 is 0 Å². The zero-order valence-electron chi connectivity index (χ0n) is 18.8. The van der Waals surface area contributed by atoms with Gasteiger partial charge in [-0.3, -0.25) is 13.9 Å². The summed E-state index contributed by atoms with van der Waals surface area (Å²) in [7, 11) is -2.28. The molecule has 1 heterocycles. The van der Waals surface area contributed by atoms with Crippen molar-refractivity contribution in [3.63, 3.8) is 0 Å². The third-order valence-corrected chi connectivity index (χ3v) is 8.16. The lowest BCUT2D eigenvalue weighted by Gasteiger charge is -2.36. The smallest absolute Gasteiger partial charge is 0.266 e. The van der Waals surface area contributed by atoms with Crippen molar-refractivity contribution < 1.29 is 18.0 Å². The number of rotatable bonds is 7. The second kappa shape index (κ2) is 10.4. The number of likely N-dealkylation sites (tertiary alicyclic amines) is 1. The molecule has 0 aliphatic carbocycles. The number of benzene rings is 2. The molecule has 2 amide bonds. The predicted molar refractivity (Wildman–Crippen MR) is 130 cm³/mol. The highest BCUT2D eigenvalue weighted by Gasteiger charge is 2.30. The number of hydrogen-bond donors (Lipinski definition) is 0. The quantitative estimate of drug-likeness (QED) is 0.554. The zero-order chi connectivity index (χ0) is 24.2. The van der Waals surface area contributed by atoms with Crippen LogP contribution < -0.4 is 4.31 Å². The van der Waals surface area contributed by atoms with Gasteiger partial charge in [0.1, 0.15) is 4.90 Å². The van der Waals surface area contributed by atoms with Crippen molar-refractivity contribution in [2.45, 2.75) is 30.7 Å². The van der Waals surface area contributed by atoms with Crippen LogP contribution in [0.15, 0.2) is 66.1 Å². The van der Waals surface area contributed by atoms with E-state index in [1.54, 1.807) is 47.2 Å². The number of carbonyl (C=O) groups is 2. The number of piperidine rings is 1. The number of nitrogens with zero attached hydrogens (tertiary/aromatic N) is 3. The van der Waals surface area contributed by atoms with Gasteiger partial charge in [-0.1, -0.05) is 35.9 Å². The van der Waals surface area contributed by atoms with Gasteiger partial charge in [-0.2, -0.15) is 0 Å². The second-order valence-corrected chi connectivity index (χ2v) is 10.2. The molecule has 3 rings (SSSR count). The van der Waals surface area contributed by atoms with Crippen LogP contribution in [0.1, 0.15) is 30.1 Å². The first kappa shape index (κ1) is 24.8. The maximum atomic E-state index is 13.5. The fourth-order valence-corrected chi connectivity index (χ4v) is 5.84. The Labute approximate surface area is 200 Å². The second-order valence-electron chi connectivity index (χ2n) is 7.96. The Kier molecular flexibility index (Phi) is 7.81. The number of sulfonamides is 1. The summed E-state index contributed by atoms with van der Waals surface area (Å²) in [5.41, 5.74) is 0.727. The first-order valence-electron chi connectivity index (χ1n) is 10.7. The van der Waals surface area contributed by atoms with E-state index >= 15 is 0 Å². The minimum Gasteiger partial charge on any atom is -0.343 e. The Hall–Kier alpha value is -2.84. The van der Waals surface area contributed by atoms with Crippen molar-refractivity contribution in [2.24, 2.45) is 0 Å². The van der Waals surface area contributed by atoms with Gasteiger partial charge in [-0.25, -0.2) is 8.42 Å². The van der Waals surface area contributed by atoms with Gasteiger partial charge in [0.2, 0.25) is 5.91 Å². The molecular weight excluding hydrogens is 462 g/mol. The van der Waals surface area contributed by atoms with Crippen molar-refractivity contribution in [3.05, 3.63) is 71.8 Å². The molecule has 0 unspecified atom stereocenters. The molecule has 0 saturated carbocycles. The SMILES string of the molecule is C=CCN(c1ccccc1)S(=O)(=O)c1cc(C(=O)N2CCC(N(C)C(C)=O)CC2)ccc1Cl. The minimum absolute atomic E-state index is 0.00480. The Morgan fingerprint density at radius 2 is 1.79 bits per heavy atom. The van der Waals surface area contributed by atoms with Crippen LogP contribution in [-0.2, 0) is 14.8 Å². The van der Waals surface area contributed by atoms with E-state index in [9.17, 15) is 18.0 Å². The summed E-state index contributed by atoms with van der Waals surface area (Å²) >= 11 is 6.29. The van der Waals surface area contributed by atoms with Crippen LogP contribution in [0.5, 0.6) is 0 Å². The van der Waals surface area contributed by atoms with Crippen LogP contribution in [0.25, 0.3) is 0 Å². The van der Waals surface area contributed by atoms with Gasteiger partial charge in [-0.15, -0.1) is 6.58 Å². The van der Waals surface area contributed by atoms with Crippen molar-refractivity contribution in [2.75, 3.05) is 31.0 Å². The summed E-state index contributed by atoms with van der Waals surface area (Å²) in [5.74, 6) is -0.267. The third-order valence-electron chi connectivity index (χ3n) is 5.88. The molecule has 9 heteroatoms. The Morgan fingerprint density at radius 1 is 1.15 bits per heavy atom. The molecule has 0 N–H and O–H groups in total. The van der Waals surface area contributed by atoms with E-state index in [1.807, 2.05) is 0 Å². The average Bonchev–Trinajstić information content (AvgIpc) is 2.82. The van der Waals surface area contributed by atoms with E-state index in [-0.39, 0.29) is 39.9 Å². The van der Waals surface area contributed by atoms with Gasteiger partial charge in [0.25, 0.3) is 15.9 Å². The molecule has 0 aromatic heterocycles. The topological polar surface area (TPSA) is 78.0 Å². The summed E-state index contributed by atoms with van der Waals surface area (Å²) in [4.78, 5) is 28.0. The number of carbonyl (C=O) groups excluding carboxylic acids is 2. The van der Waals surface area contributed by atoms with Crippen LogP contribution in [0.3, 0.4) is 0 Å². The zero-order valence-corrected chi connectivity index (χ0v) is 20.3. The van der Waals surface area contributed by atoms with E-state index in [1.165, 1.54) is 35.5 Å². The minimum atomic E-state index is -4.05. The molecule has 7 nitrogen and oxygen atoms in total. The Morgan fingerprint density at radius 3 is 2.36 bits per heavy atom. The van der Waals surface area contributed by atoms with Crippen molar-refractivity contribution >= 4 is 39.1 Å². The van der Waals surface area contributed by atoms with Crippen LogP contribution in [0.4, 0.5) is 5.69 Å². The number of amides is 2. The largest absolute Gasteiger partial charge is 0.343 e. The van der Waals surface area contributed by atoms with Gasteiger partial charge in [0.15, 0.2) is 0 Å². The number of para-hydroxylation sites is 1. The van der Waals surface area contributed by atoms with E-state index in [0.29, 0.717) is 31.6 Å². The van der Waals surface area contributed by atoms with Crippen LogP contribution in [0, 0.1) is 0 Å². The summed E-state index contributed by atoms with van der Waals surface area (Å²) in [6, 6.07) is 13.1. The van der Waals surface area contributed by atoms with Gasteiger partial charge in [0.05, 0.1) is 17.3 Å². The fraction of sp³-hybridized carbons (Fsp3) is 0.333. The molecule has 2 aromatic rings. The Bertz CT molecular complexity index is 1130. The highest BCUT2D eigenvalue weighted by atomic mass is 35.5. The van der Waals surface area contributed by atoms with Gasteiger partial charge in [-0.05, 0) is 43.2 Å². The van der Waals surface area contributed by atoms with Gasteiger partial charge in [0, 0.05) is 38.7 Å². The lowest BCUT2D eigenvalue weighted by atomic mass is 10.0. The number of halogens is 1. The molecule has 2 aromatic carbocycles. The van der Waals surface area contributed by atoms with E-state index in [4.69, 9.17) is 11.6 Å². The van der Waals surface area contributed by atoms with Crippen LogP contribution in [0.2, 0.25) is 5.02 Å². The van der Waals surface area contributed by atoms with Crippen molar-refractivity contribution in [1.29, 1.82) is 0 Å². The number of anilines is 1. The molecular formula is C24H28ClN3O4S. The molecule has 176 valence electrons. The molecule has 0 bridgehead atoms. The van der Waals surface area contributed by atoms with Crippen LogP contribution in [-0.4, -0.2) is 62.8 Å². The van der Waals surface area contributed by atoms with E-state index < -0.39 is 10.0 Å². The molecule has 1 aliphatic rings. The Balaban J connectivity index is 1.86. The summed E-state index contributed by atoms with van der Waals surface area (Å²) < 4.78 is 28.2. The summed E-state index contributed by atoms with van der Waals surface area (Å²) in [6.45, 7) is 6.22. The number of hydrogen-bond acceptors (Lipinski definition) is 4. The maximum Gasteiger partial charge on any atom is 0.266 e. The van der Waals surface area contributed by atoms with E-state index in [0.717, 1.165) is 0 Å². The van der Waals surface area contributed by atoms with Gasteiger partial charge < -0.3 is 9.80 Å². The molecule has 1 saturated heterocycles. The highest BCUT2D eigenvalue weighted by molar-refractivity contribution is 7.93. The first-order valence-corrected chi connectivity index (χ1v) is 12.5. The normalized spacial score (nSPS) is 14.6. The first-order chi connectivity index (χ1) is 15.7. The average molecular weight is 490 g/mol. The van der Waals surface area contributed by atoms with Crippen molar-refractivity contribution in [1.82, 2.24) is 9.80 Å². The molecule has 0 radical (unpaired) electrons. The highest BCUT2D eigenvalue weighted by Crippen LogP contribution is 2.30. The van der Waals surface area contributed by atoms with Crippen molar-refractivity contribution in [3.8, 4) is 0 Å².